The lowest BCUT2D eigenvalue weighted by molar-refractivity contribution is -0.119. The molecule has 7 nitrogen and oxygen atoms in total. The molecule has 1 amide bonds. The number of aliphatic hydroxyl groups is 2. The first kappa shape index (κ1) is 12.5. The second-order valence-corrected chi connectivity index (χ2v) is 3.59. The number of aliphatic hydroxyl groups excluding tert-OH is 2. The third-order valence-corrected chi connectivity index (χ3v) is 2.13. The zero-order valence-electron chi connectivity index (χ0n) is 9.21. The fourth-order valence-corrected chi connectivity index (χ4v) is 1.32. The molecular weight excluding hydrogens is 212 g/mol. The predicted molar refractivity (Wildman–Crippen MR) is 57.3 cm³/mol. The van der Waals surface area contributed by atoms with Gasteiger partial charge in [0.25, 0.3) is 0 Å². The maximum Gasteiger partial charge on any atom is 0.216 e. The van der Waals surface area contributed by atoms with Gasteiger partial charge in [0.1, 0.15) is 12.2 Å². The zero-order valence-corrected chi connectivity index (χ0v) is 9.21. The maximum absolute atomic E-state index is 10.6. The minimum absolute atomic E-state index is 0.0369. The average Bonchev–Trinajstić information content (AvgIpc) is 2.53. The third-order valence-electron chi connectivity index (χ3n) is 2.13. The van der Waals surface area contributed by atoms with Crippen molar-refractivity contribution in [2.75, 3.05) is 12.3 Å². The number of carbonyl (C=O) groups is 1. The highest BCUT2D eigenvalue weighted by Crippen LogP contribution is 2.21. The zero-order chi connectivity index (χ0) is 12.3. The number of rotatable bonds is 4. The fourth-order valence-electron chi connectivity index (χ4n) is 1.32. The van der Waals surface area contributed by atoms with Gasteiger partial charge in [0.15, 0.2) is 5.82 Å². The highest BCUT2D eigenvalue weighted by atomic mass is 16.3. The van der Waals surface area contributed by atoms with Crippen LogP contribution in [0.25, 0.3) is 0 Å². The third kappa shape index (κ3) is 2.94. The Hall–Kier alpha value is -1.60. The van der Waals surface area contributed by atoms with Crippen molar-refractivity contribution >= 4 is 11.7 Å². The molecule has 0 saturated heterocycles. The quantitative estimate of drug-likeness (QED) is 0.502. The van der Waals surface area contributed by atoms with Crippen LogP contribution in [0, 0.1) is 0 Å². The van der Waals surface area contributed by atoms with Crippen molar-refractivity contribution in [1.29, 1.82) is 0 Å². The molecule has 1 aromatic heterocycles. The molecule has 7 heteroatoms. The molecule has 0 spiro atoms. The molecule has 1 aromatic rings. The molecule has 1 rings (SSSR count). The van der Waals surface area contributed by atoms with E-state index < -0.39 is 12.2 Å². The summed E-state index contributed by atoms with van der Waals surface area (Å²) in [5.74, 6) is -0.109. The van der Waals surface area contributed by atoms with Gasteiger partial charge >= 0.3 is 0 Å². The first-order valence-electron chi connectivity index (χ1n) is 4.81. The van der Waals surface area contributed by atoms with Crippen LogP contribution >= 0.6 is 0 Å². The molecule has 5 N–H and O–H groups in total. The normalized spacial score (nSPS) is 14.5. The van der Waals surface area contributed by atoms with Gasteiger partial charge in [-0.3, -0.25) is 9.48 Å². The SMILES string of the molecule is CC(=O)NCC(O)C(O)c1cn(C)nc1N. The van der Waals surface area contributed by atoms with E-state index in [0.717, 1.165) is 0 Å². The first-order chi connectivity index (χ1) is 7.41. The van der Waals surface area contributed by atoms with Crippen molar-refractivity contribution in [1.82, 2.24) is 15.1 Å². The molecule has 0 aliphatic rings. The predicted octanol–water partition coefficient (Wildman–Crippen LogP) is -1.47. The number of nitrogen functional groups attached to an aromatic ring is 1. The van der Waals surface area contributed by atoms with Gasteiger partial charge in [0, 0.05) is 32.3 Å². The van der Waals surface area contributed by atoms with Gasteiger partial charge in [0.2, 0.25) is 5.91 Å². The largest absolute Gasteiger partial charge is 0.388 e. The Morgan fingerprint density at radius 2 is 2.31 bits per heavy atom. The number of aromatic nitrogens is 2. The summed E-state index contributed by atoms with van der Waals surface area (Å²) in [5.41, 5.74) is 5.89. The van der Waals surface area contributed by atoms with E-state index >= 15 is 0 Å². The van der Waals surface area contributed by atoms with Crippen molar-refractivity contribution in [3.63, 3.8) is 0 Å². The molecule has 0 aromatic carbocycles. The molecule has 2 atom stereocenters. The van der Waals surface area contributed by atoms with Gasteiger partial charge in [-0.2, -0.15) is 5.10 Å². The Balaban J connectivity index is 2.66. The van der Waals surface area contributed by atoms with Crippen molar-refractivity contribution in [3.8, 4) is 0 Å². The van der Waals surface area contributed by atoms with E-state index in [1.54, 1.807) is 7.05 Å². The highest BCUT2D eigenvalue weighted by molar-refractivity contribution is 5.72. The van der Waals surface area contributed by atoms with E-state index in [9.17, 15) is 15.0 Å². The molecule has 0 radical (unpaired) electrons. The van der Waals surface area contributed by atoms with E-state index in [4.69, 9.17) is 5.73 Å². The summed E-state index contributed by atoms with van der Waals surface area (Å²) in [7, 11) is 1.66. The van der Waals surface area contributed by atoms with Gasteiger partial charge in [-0.05, 0) is 0 Å². The summed E-state index contributed by atoms with van der Waals surface area (Å²) in [6.45, 7) is 1.29. The van der Waals surface area contributed by atoms with Crippen LogP contribution in [0.3, 0.4) is 0 Å². The smallest absolute Gasteiger partial charge is 0.216 e. The van der Waals surface area contributed by atoms with Crippen LogP contribution in [0.5, 0.6) is 0 Å². The number of nitrogens with one attached hydrogen (secondary N) is 1. The summed E-state index contributed by atoms with van der Waals surface area (Å²) in [6.07, 6.45) is -0.757. The summed E-state index contributed by atoms with van der Waals surface area (Å²) >= 11 is 0. The van der Waals surface area contributed by atoms with Crippen molar-refractivity contribution in [3.05, 3.63) is 11.8 Å². The molecule has 0 saturated carbocycles. The summed E-state index contributed by atoms with van der Waals surface area (Å²) in [6, 6.07) is 0. The molecule has 1 heterocycles. The molecule has 90 valence electrons. The standard InChI is InChI=1S/C9H16N4O3/c1-5(14)11-3-7(15)8(16)6-4-13(2)12-9(6)10/h4,7-8,15-16H,3H2,1-2H3,(H2,10,12)(H,11,14). The van der Waals surface area contributed by atoms with Gasteiger partial charge < -0.3 is 21.3 Å². The molecule has 0 bridgehead atoms. The number of hydrogen-bond acceptors (Lipinski definition) is 5. The molecule has 0 fully saturated rings. The minimum atomic E-state index is -1.17. The first-order valence-corrected chi connectivity index (χ1v) is 4.81. The lowest BCUT2D eigenvalue weighted by Crippen LogP contribution is -2.34. The van der Waals surface area contributed by atoms with Gasteiger partial charge in [-0.25, -0.2) is 0 Å². The van der Waals surface area contributed by atoms with E-state index in [2.05, 4.69) is 10.4 Å². The molecule has 2 unspecified atom stereocenters. The maximum atomic E-state index is 10.6. The minimum Gasteiger partial charge on any atom is -0.388 e. The average molecular weight is 228 g/mol. The fraction of sp³-hybridized carbons (Fsp3) is 0.556. The topological polar surface area (TPSA) is 113 Å². The van der Waals surface area contributed by atoms with Crippen LogP contribution in [0.2, 0.25) is 0 Å². The number of carbonyl (C=O) groups excluding carboxylic acids is 1. The van der Waals surface area contributed by atoms with Crippen LogP contribution in [0.15, 0.2) is 6.20 Å². The summed E-state index contributed by atoms with van der Waals surface area (Å²) in [4.78, 5) is 10.6. The molecule has 0 aliphatic heterocycles. The lowest BCUT2D eigenvalue weighted by Gasteiger charge is -2.17. The Bertz CT molecular complexity index is 377. The van der Waals surface area contributed by atoms with Crippen LogP contribution < -0.4 is 11.1 Å². The van der Waals surface area contributed by atoms with Crippen molar-refractivity contribution < 1.29 is 15.0 Å². The number of amides is 1. The number of aryl methyl sites for hydroxylation is 1. The van der Waals surface area contributed by atoms with Crippen molar-refractivity contribution in [2.45, 2.75) is 19.1 Å². The Morgan fingerprint density at radius 1 is 1.69 bits per heavy atom. The van der Waals surface area contributed by atoms with Gasteiger partial charge in [0.05, 0.1) is 0 Å². The Kier molecular flexibility index (Phi) is 3.86. The highest BCUT2D eigenvalue weighted by Gasteiger charge is 2.22. The molecule has 16 heavy (non-hydrogen) atoms. The van der Waals surface area contributed by atoms with Crippen molar-refractivity contribution in [2.24, 2.45) is 7.05 Å². The van der Waals surface area contributed by atoms with Crippen LogP contribution in [0.4, 0.5) is 5.82 Å². The Morgan fingerprint density at radius 3 is 2.75 bits per heavy atom. The van der Waals surface area contributed by atoms with Gasteiger partial charge in [-0.15, -0.1) is 0 Å². The number of nitrogens with zero attached hydrogens (tertiary/aromatic N) is 2. The van der Waals surface area contributed by atoms with Crippen LogP contribution in [-0.4, -0.2) is 38.5 Å². The molecular formula is C9H16N4O3. The number of nitrogens with two attached hydrogens (primary N) is 1. The number of anilines is 1. The van der Waals surface area contributed by atoms with E-state index in [-0.39, 0.29) is 18.3 Å². The van der Waals surface area contributed by atoms with E-state index in [1.807, 2.05) is 0 Å². The second kappa shape index (κ2) is 4.95. The lowest BCUT2D eigenvalue weighted by atomic mass is 10.1. The number of hydrogen-bond donors (Lipinski definition) is 4. The summed E-state index contributed by atoms with van der Waals surface area (Å²) in [5, 5.41) is 25.6. The Labute approximate surface area is 92.9 Å². The van der Waals surface area contributed by atoms with E-state index in [1.165, 1.54) is 17.8 Å². The van der Waals surface area contributed by atoms with Crippen LogP contribution in [-0.2, 0) is 11.8 Å². The second-order valence-electron chi connectivity index (χ2n) is 3.59. The van der Waals surface area contributed by atoms with Gasteiger partial charge in [-0.1, -0.05) is 0 Å². The monoisotopic (exact) mass is 228 g/mol. The summed E-state index contributed by atoms with van der Waals surface area (Å²) < 4.78 is 1.44. The van der Waals surface area contributed by atoms with E-state index in [0.29, 0.717) is 5.56 Å². The molecule has 0 aliphatic carbocycles. The van der Waals surface area contributed by atoms with Crippen LogP contribution in [0.1, 0.15) is 18.6 Å².